The number of β-lactam (4-membered cyclic amide) rings is 1. The van der Waals surface area contributed by atoms with Crippen molar-refractivity contribution in [1.82, 2.24) is 4.90 Å². The second-order valence-electron chi connectivity index (χ2n) is 5.68. The van der Waals surface area contributed by atoms with Gasteiger partial charge in [-0.15, -0.1) is 0 Å². The summed E-state index contributed by atoms with van der Waals surface area (Å²) < 4.78 is 11.6. The van der Waals surface area contributed by atoms with Crippen molar-refractivity contribution in [3.63, 3.8) is 0 Å². The molecule has 5 nitrogen and oxygen atoms in total. The zero-order valence-electron chi connectivity index (χ0n) is 13.5. The standard InChI is InChI=1S/C18H19BrN2O3/c1-23-14-8-3-11(9-15(14)24-2)10-21-17(16(20)18(21)22)12-4-6-13(19)7-5-12/h3-9,16-17H,10,20H2,1-2H3/t16-,17-/m1/s1. The summed E-state index contributed by atoms with van der Waals surface area (Å²) in [5, 5.41) is 0. The van der Waals surface area contributed by atoms with E-state index < -0.39 is 6.04 Å². The van der Waals surface area contributed by atoms with Gasteiger partial charge in [0.2, 0.25) is 5.91 Å². The van der Waals surface area contributed by atoms with Crippen molar-refractivity contribution >= 4 is 21.8 Å². The molecule has 126 valence electrons. The minimum atomic E-state index is -0.494. The average molecular weight is 391 g/mol. The normalized spacial score (nSPS) is 19.8. The van der Waals surface area contributed by atoms with Crippen LogP contribution in [0.15, 0.2) is 46.9 Å². The predicted octanol–water partition coefficient (Wildman–Crippen LogP) is 2.88. The molecular formula is C18H19BrN2O3. The molecular weight excluding hydrogens is 372 g/mol. The van der Waals surface area contributed by atoms with Crippen molar-refractivity contribution in [2.75, 3.05) is 14.2 Å². The van der Waals surface area contributed by atoms with Gasteiger partial charge in [-0.3, -0.25) is 4.79 Å². The number of nitrogens with two attached hydrogens (primary N) is 1. The van der Waals surface area contributed by atoms with Crippen LogP contribution in [0.5, 0.6) is 11.5 Å². The topological polar surface area (TPSA) is 64.8 Å². The van der Waals surface area contributed by atoms with E-state index in [9.17, 15) is 4.79 Å². The molecule has 6 heteroatoms. The van der Waals surface area contributed by atoms with Gasteiger partial charge in [-0.05, 0) is 35.4 Å². The van der Waals surface area contributed by atoms with Gasteiger partial charge in [0, 0.05) is 11.0 Å². The number of hydrogen-bond acceptors (Lipinski definition) is 4. The first-order valence-electron chi connectivity index (χ1n) is 7.57. The van der Waals surface area contributed by atoms with Crippen LogP contribution in [0.4, 0.5) is 0 Å². The third-order valence-electron chi connectivity index (χ3n) is 4.26. The van der Waals surface area contributed by atoms with Gasteiger partial charge < -0.3 is 20.1 Å². The number of benzene rings is 2. The Morgan fingerprint density at radius 1 is 1.08 bits per heavy atom. The van der Waals surface area contributed by atoms with Crippen LogP contribution in [0, 0.1) is 0 Å². The van der Waals surface area contributed by atoms with Crippen molar-refractivity contribution in [3.05, 3.63) is 58.1 Å². The molecule has 1 aliphatic heterocycles. The highest BCUT2D eigenvalue weighted by atomic mass is 79.9. The van der Waals surface area contributed by atoms with Crippen molar-refractivity contribution in [3.8, 4) is 11.5 Å². The van der Waals surface area contributed by atoms with Gasteiger partial charge in [-0.25, -0.2) is 0 Å². The molecule has 1 fully saturated rings. The molecule has 2 aromatic rings. The number of carbonyl (C=O) groups is 1. The summed E-state index contributed by atoms with van der Waals surface area (Å²) >= 11 is 3.42. The minimum Gasteiger partial charge on any atom is -0.493 e. The maximum Gasteiger partial charge on any atom is 0.242 e. The van der Waals surface area contributed by atoms with Crippen molar-refractivity contribution < 1.29 is 14.3 Å². The van der Waals surface area contributed by atoms with Crippen molar-refractivity contribution in [1.29, 1.82) is 0 Å². The van der Waals surface area contributed by atoms with Gasteiger partial charge in [-0.1, -0.05) is 34.1 Å². The minimum absolute atomic E-state index is 0.0438. The Morgan fingerprint density at radius 3 is 2.38 bits per heavy atom. The molecule has 0 radical (unpaired) electrons. The summed E-state index contributed by atoms with van der Waals surface area (Å²) in [5.74, 6) is 1.27. The van der Waals surface area contributed by atoms with Crippen molar-refractivity contribution in [2.24, 2.45) is 5.73 Å². The summed E-state index contributed by atoms with van der Waals surface area (Å²) in [7, 11) is 3.19. The fourth-order valence-corrected chi connectivity index (χ4v) is 3.24. The van der Waals surface area contributed by atoms with Crippen LogP contribution in [-0.2, 0) is 11.3 Å². The number of nitrogens with zero attached hydrogens (tertiary/aromatic N) is 1. The predicted molar refractivity (Wildman–Crippen MR) is 95.0 cm³/mol. The van der Waals surface area contributed by atoms with E-state index in [1.165, 1.54) is 0 Å². The average Bonchev–Trinajstić information content (AvgIpc) is 2.62. The van der Waals surface area contributed by atoms with Crippen LogP contribution >= 0.6 is 15.9 Å². The number of methoxy groups -OCH3 is 2. The monoisotopic (exact) mass is 390 g/mol. The van der Waals surface area contributed by atoms with E-state index in [-0.39, 0.29) is 11.9 Å². The van der Waals surface area contributed by atoms with E-state index in [0.29, 0.717) is 18.0 Å². The summed E-state index contributed by atoms with van der Waals surface area (Å²) in [5.41, 5.74) is 8.04. The maximum atomic E-state index is 12.2. The van der Waals surface area contributed by atoms with Gasteiger partial charge >= 0.3 is 0 Å². The first-order valence-corrected chi connectivity index (χ1v) is 8.37. The molecule has 1 aliphatic rings. The number of amides is 1. The second kappa shape index (κ2) is 6.83. The smallest absolute Gasteiger partial charge is 0.242 e. The van der Waals surface area contributed by atoms with Gasteiger partial charge in [0.25, 0.3) is 0 Å². The van der Waals surface area contributed by atoms with Gasteiger partial charge in [0.1, 0.15) is 6.04 Å². The molecule has 2 atom stereocenters. The van der Waals surface area contributed by atoms with Crippen LogP contribution in [0.25, 0.3) is 0 Å². The number of hydrogen-bond donors (Lipinski definition) is 1. The van der Waals surface area contributed by atoms with Crippen LogP contribution in [0.2, 0.25) is 0 Å². The number of rotatable bonds is 5. The van der Waals surface area contributed by atoms with Crippen LogP contribution in [0.1, 0.15) is 17.2 Å². The van der Waals surface area contributed by atoms with Gasteiger partial charge in [0.15, 0.2) is 11.5 Å². The SMILES string of the molecule is COc1ccc(CN2C(=O)[C@H](N)[C@H]2c2ccc(Br)cc2)cc1OC. The van der Waals surface area contributed by atoms with E-state index in [2.05, 4.69) is 15.9 Å². The molecule has 1 amide bonds. The van der Waals surface area contributed by atoms with E-state index >= 15 is 0 Å². The van der Waals surface area contributed by atoms with E-state index in [0.717, 1.165) is 15.6 Å². The molecule has 0 unspecified atom stereocenters. The first kappa shape index (κ1) is 16.8. The summed E-state index contributed by atoms with van der Waals surface area (Å²) in [6.45, 7) is 0.480. The van der Waals surface area contributed by atoms with E-state index in [4.69, 9.17) is 15.2 Å². The third-order valence-corrected chi connectivity index (χ3v) is 4.79. The molecule has 0 aromatic heterocycles. The molecule has 2 aromatic carbocycles. The molecule has 0 saturated carbocycles. The molecule has 0 spiro atoms. The maximum absolute atomic E-state index is 12.2. The van der Waals surface area contributed by atoms with Gasteiger partial charge in [-0.2, -0.15) is 0 Å². The van der Waals surface area contributed by atoms with E-state index in [1.807, 2.05) is 42.5 Å². The lowest BCUT2D eigenvalue weighted by atomic mass is 9.88. The third kappa shape index (κ3) is 2.99. The number of likely N-dealkylation sites (tertiary alicyclic amines) is 1. The van der Waals surface area contributed by atoms with Crippen LogP contribution in [0.3, 0.4) is 0 Å². The highest BCUT2D eigenvalue weighted by Gasteiger charge is 2.45. The Kier molecular flexibility index (Phi) is 4.78. The Hall–Kier alpha value is -2.05. The van der Waals surface area contributed by atoms with Gasteiger partial charge in [0.05, 0.1) is 20.3 Å². The lowest BCUT2D eigenvalue weighted by Gasteiger charge is -2.45. The Balaban J connectivity index is 1.83. The van der Waals surface area contributed by atoms with E-state index in [1.54, 1.807) is 19.1 Å². The quantitative estimate of drug-likeness (QED) is 0.797. The molecule has 0 aliphatic carbocycles. The molecule has 0 bridgehead atoms. The zero-order valence-corrected chi connectivity index (χ0v) is 15.1. The lowest BCUT2D eigenvalue weighted by molar-refractivity contribution is -0.150. The molecule has 2 N–H and O–H groups in total. The second-order valence-corrected chi connectivity index (χ2v) is 6.59. The summed E-state index contributed by atoms with van der Waals surface area (Å²) in [6.07, 6.45) is 0. The number of carbonyl (C=O) groups excluding carboxylic acids is 1. The highest BCUT2D eigenvalue weighted by Crippen LogP contribution is 2.36. The Bertz CT molecular complexity index is 748. The van der Waals surface area contributed by atoms with Crippen molar-refractivity contribution in [2.45, 2.75) is 18.6 Å². The number of ether oxygens (including phenoxy) is 2. The molecule has 24 heavy (non-hydrogen) atoms. The summed E-state index contributed by atoms with van der Waals surface area (Å²) in [6, 6.07) is 12.9. The van der Waals surface area contributed by atoms with Crippen LogP contribution in [-0.4, -0.2) is 31.1 Å². The lowest BCUT2D eigenvalue weighted by Crippen LogP contribution is -2.62. The molecule has 3 rings (SSSR count). The molecule has 1 heterocycles. The zero-order chi connectivity index (χ0) is 17.3. The first-order chi connectivity index (χ1) is 11.5. The fraction of sp³-hybridized carbons (Fsp3) is 0.278. The molecule has 1 saturated heterocycles. The highest BCUT2D eigenvalue weighted by molar-refractivity contribution is 9.10. The number of halogens is 1. The summed E-state index contributed by atoms with van der Waals surface area (Å²) in [4.78, 5) is 14.0. The fourth-order valence-electron chi connectivity index (χ4n) is 2.97. The van der Waals surface area contributed by atoms with Crippen LogP contribution < -0.4 is 15.2 Å². The largest absolute Gasteiger partial charge is 0.493 e. The Labute approximate surface area is 149 Å². The Morgan fingerprint density at radius 2 is 1.75 bits per heavy atom.